The van der Waals surface area contributed by atoms with Crippen LogP contribution in [0.15, 0.2) is 54.7 Å². The minimum atomic E-state index is -0.482. The van der Waals surface area contributed by atoms with Crippen molar-refractivity contribution in [1.82, 2.24) is 14.7 Å². The van der Waals surface area contributed by atoms with Gasteiger partial charge >= 0.3 is 0 Å². The topological polar surface area (TPSA) is 110 Å². The van der Waals surface area contributed by atoms with Crippen LogP contribution in [0.2, 0.25) is 0 Å². The first-order chi connectivity index (χ1) is 15.8. The molecule has 170 valence electrons. The van der Waals surface area contributed by atoms with E-state index >= 15 is 0 Å². The number of piperidine rings is 1. The standard InChI is InChI=1S/C24H25N5O4/c1-16-14-18(24(31)27-12-4-3-6-17(27)2)9-10-21(16)25-23(30)22-11-13-28(26-22)19-7-5-8-20(15-19)29(32)33/h5,7-11,13-15,17H,3-4,6,12H2,1-2H3,(H,25,30). The molecule has 1 aliphatic heterocycles. The van der Waals surface area contributed by atoms with Crippen molar-refractivity contribution in [3.05, 3.63) is 81.7 Å². The molecule has 2 amide bonds. The first-order valence-corrected chi connectivity index (χ1v) is 10.9. The largest absolute Gasteiger partial charge is 0.336 e. The molecule has 1 N–H and O–H groups in total. The lowest BCUT2D eigenvalue weighted by atomic mass is 10.0. The molecule has 2 aromatic carbocycles. The molecule has 0 saturated carbocycles. The molecular formula is C24H25N5O4. The molecule has 1 atom stereocenters. The van der Waals surface area contributed by atoms with Crippen molar-refractivity contribution in [2.45, 2.75) is 39.2 Å². The lowest BCUT2D eigenvalue weighted by Crippen LogP contribution is -2.42. The van der Waals surface area contributed by atoms with E-state index in [-0.39, 0.29) is 23.3 Å². The molecule has 1 fully saturated rings. The number of aromatic nitrogens is 2. The van der Waals surface area contributed by atoms with Crippen LogP contribution >= 0.6 is 0 Å². The van der Waals surface area contributed by atoms with Gasteiger partial charge in [-0.2, -0.15) is 5.10 Å². The van der Waals surface area contributed by atoms with Gasteiger partial charge in [-0.3, -0.25) is 19.7 Å². The second-order valence-corrected chi connectivity index (χ2v) is 8.25. The summed E-state index contributed by atoms with van der Waals surface area (Å²) in [5, 5.41) is 18.1. The van der Waals surface area contributed by atoms with E-state index < -0.39 is 10.8 Å². The molecule has 4 rings (SSSR count). The Morgan fingerprint density at radius 1 is 1.15 bits per heavy atom. The van der Waals surface area contributed by atoms with Crippen molar-refractivity contribution in [2.24, 2.45) is 0 Å². The predicted molar refractivity (Wildman–Crippen MR) is 124 cm³/mol. The van der Waals surface area contributed by atoms with Crippen LogP contribution in [-0.2, 0) is 0 Å². The maximum Gasteiger partial charge on any atom is 0.276 e. The third-order valence-corrected chi connectivity index (χ3v) is 5.91. The van der Waals surface area contributed by atoms with E-state index in [9.17, 15) is 19.7 Å². The Hall–Kier alpha value is -4.01. The maximum atomic E-state index is 12.9. The highest BCUT2D eigenvalue weighted by molar-refractivity contribution is 6.03. The monoisotopic (exact) mass is 447 g/mol. The molecule has 1 aromatic heterocycles. The number of carbonyl (C=O) groups excluding carboxylic acids is 2. The Morgan fingerprint density at radius 2 is 1.97 bits per heavy atom. The Kier molecular flexibility index (Phi) is 6.21. The van der Waals surface area contributed by atoms with Gasteiger partial charge in [0.2, 0.25) is 0 Å². The fourth-order valence-corrected chi connectivity index (χ4v) is 4.03. The zero-order valence-corrected chi connectivity index (χ0v) is 18.5. The Morgan fingerprint density at radius 3 is 2.70 bits per heavy atom. The van der Waals surface area contributed by atoms with Crippen LogP contribution in [0.4, 0.5) is 11.4 Å². The highest BCUT2D eigenvalue weighted by Gasteiger charge is 2.24. The van der Waals surface area contributed by atoms with Crippen LogP contribution in [0, 0.1) is 17.0 Å². The van der Waals surface area contributed by atoms with Crippen molar-refractivity contribution < 1.29 is 14.5 Å². The molecule has 9 nitrogen and oxygen atoms in total. The molecule has 0 aliphatic carbocycles. The zero-order chi connectivity index (χ0) is 23.5. The van der Waals surface area contributed by atoms with Crippen molar-refractivity contribution in [3.63, 3.8) is 0 Å². The summed E-state index contributed by atoms with van der Waals surface area (Å²) in [6.45, 7) is 4.68. The van der Waals surface area contributed by atoms with Crippen molar-refractivity contribution >= 4 is 23.2 Å². The highest BCUT2D eigenvalue weighted by atomic mass is 16.6. The van der Waals surface area contributed by atoms with Gasteiger partial charge in [-0.1, -0.05) is 6.07 Å². The summed E-state index contributed by atoms with van der Waals surface area (Å²) in [5.41, 5.74) is 2.56. The summed E-state index contributed by atoms with van der Waals surface area (Å²) >= 11 is 0. The molecule has 33 heavy (non-hydrogen) atoms. The Bertz CT molecular complexity index is 1220. The number of amides is 2. The predicted octanol–water partition coefficient (Wildman–Crippen LogP) is 4.36. The second kappa shape index (κ2) is 9.23. The minimum absolute atomic E-state index is 0.0128. The fraction of sp³-hybridized carbons (Fsp3) is 0.292. The number of carbonyl (C=O) groups is 2. The molecule has 1 unspecified atom stereocenters. The van der Waals surface area contributed by atoms with Crippen LogP contribution in [0.1, 0.15) is 52.6 Å². The number of nitrogens with one attached hydrogen (secondary N) is 1. The van der Waals surface area contributed by atoms with Gasteiger partial charge in [0.25, 0.3) is 17.5 Å². The number of hydrogen-bond donors (Lipinski definition) is 1. The normalized spacial score (nSPS) is 15.8. The molecule has 1 aliphatic rings. The summed E-state index contributed by atoms with van der Waals surface area (Å²) in [6, 6.07) is 13.0. The number of hydrogen-bond acceptors (Lipinski definition) is 5. The number of nitro groups is 1. The van der Waals surface area contributed by atoms with E-state index in [1.807, 2.05) is 11.8 Å². The summed E-state index contributed by atoms with van der Waals surface area (Å²) in [5.74, 6) is -0.398. The van der Waals surface area contributed by atoms with E-state index in [1.54, 1.807) is 42.6 Å². The number of anilines is 1. The number of nitrogens with zero attached hydrogens (tertiary/aromatic N) is 4. The summed E-state index contributed by atoms with van der Waals surface area (Å²) < 4.78 is 1.41. The van der Waals surface area contributed by atoms with Crippen LogP contribution in [0.25, 0.3) is 5.69 Å². The Balaban J connectivity index is 1.47. The number of non-ortho nitro benzene ring substituents is 1. The molecule has 2 heterocycles. The van der Waals surface area contributed by atoms with Crippen molar-refractivity contribution in [2.75, 3.05) is 11.9 Å². The molecule has 3 aromatic rings. The van der Waals surface area contributed by atoms with Crippen LogP contribution in [-0.4, -0.2) is 44.0 Å². The van der Waals surface area contributed by atoms with Crippen LogP contribution in [0.3, 0.4) is 0 Å². The number of nitro benzene ring substituents is 1. The second-order valence-electron chi connectivity index (χ2n) is 8.25. The number of rotatable bonds is 5. The highest BCUT2D eigenvalue weighted by Crippen LogP contribution is 2.23. The molecule has 1 saturated heterocycles. The van der Waals surface area contributed by atoms with E-state index in [4.69, 9.17) is 0 Å². The van der Waals surface area contributed by atoms with Gasteiger partial charge in [0.05, 0.1) is 10.6 Å². The molecule has 0 radical (unpaired) electrons. The first kappa shape index (κ1) is 22.2. The van der Waals surface area contributed by atoms with E-state index in [0.717, 1.165) is 31.4 Å². The molecule has 9 heteroatoms. The maximum absolute atomic E-state index is 12.9. The smallest absolute Gasteiger partial charge is 0.276 e. The summed E-state index contributed by atoms with van der Waals surface area (Å²) in [7, 11) is 0. The van der Waals surface area contributed by atoms with Crippen LogP contribution < -0.4 is 5.32 Å². The van der Waals surface area contributed by atoms with Gasteiger partial charge in [0.1, 0.15) is 0 Å². The average Bonchev–Trinajstić information content (AvgIpc) is 3.31. The average molecular weight is 447 g/mol. The summed E-state index contributed by atoms with van der Waals surface area (Å²) in [4.78, 5) is 38.1. The van der Waals surface area contributed by atoms with E-state index in [0.29, 0.717) is 16.9 Å². The van der Waals surface area contributed by atoms with Crippen molar-refractivity contribution in [1.29, 1.82) is 0 Å². The van der Waals surface area contributed by atoms with Gasteiger partial charge in [0.15, 0.2) is 5.69 Å². The van der Waals surface area contributed by atoms with Crippen molar-refractivity contribution in [3.8, 4) is 5.69 Å². The number of benzene rings is 2. The van der Waals surface area contributed by atoms with Gasteiger partial charge in [-0.05, 0) is 69.0 Å². The van der Waals surface area contributed by atoms with E-state index in [2.05, 4.69) is 17.3 Å². The van der Waals surface area contributed by atoms with E-state index in [1.165, 1.54) is 16.8 Å². The third kappa shape index (κ3) is 4.77. The molecule has 0 spiro atoms. The lowest BCUT2D eigenvalue weighted by Gasteiger charge is -2.33. The SMILES string of the molecule is Cc1cc(C(=O)N2CCCCC2C)ccc1NC(=O)c1ccn(-c2cccc([N+](=O)[O-])c2)n1. The van der Waals surface area contributed by atoms with Gasteiger partial charge in [0, 0.05) is 42.2 Å². The van der Waals surface area contributed by atoms with Gasteiger partial charge in [-0.15, -0.1) is 0 Å². The molecular weight excluding hydrogens is 422 g/mol. The third-order valence-electron chi connectivity index (χ3n) is 5.91. The van der Waals surface area contributed by atoms with Gasteiger partial charge < -0.3 is 10.2 Å². The lowest BCUT2D eigenvalue weighted by molar-refractivity contribution is -0.384. The number of aryl methyl sites for hydroxylation is 1. The quantitative estimate of drug-likeness (QED) is 0.462. The minimum Gasteiger partial charge on any atom is -0.336 e. The van der Waals surface area contributed by atoms with Crippen LogP contribution in [0.5, 0.6) is 0 Å². The first-order valence-electron chi connectivity index (χ1n) is 10.9. The zero-order valence-electron chi connectivity index (χ0n) is 18.5. The fourth-order valence-electron chi connectivity index (χ4n) is 4.03. The number of likely N-dealkylation sites (tertiary alicyclic amines) is 1. The van der Waals surface area contributed by atoms with Gasteiger partial charge in [-0.25, -0.2) is 4.68 Å². The molecule has 0 bridgehead atoms. The summed E-state index contributed by atoms with van der Waals surface area (Å²) in [6.07, 6.45) is 4.75. The Labute approximate surface area is 191 Å².